The van der Waals surface area contributed by atoms with Crippen LogP contribution in [0, 0.1) is 0 Å². The normalized spacial score (nSPS) is 15.2. The molecule has 6 rings (SSSR count). The summed E-state index contributed by atoms with van der Waals surface area (Å²) in [7, 11) is 0. The second-order valence-electron chi connectivity index (χ2n) is 10.0. The largest absolute Gasteiger partial charge is 0.503 e. The highest BCUT2D eigenvalue weighted by molar-refractivity contribution is 7.22. The minimum absolute atomic E-state index is 0.0407. The third kappa shape index (κ3) is 5.12. The molecule has 1 aliphatic rings. The highest BCUT2D eigenvalue weighted by atomic mass is 32.1. The van der Waals surface area contributed by atoms with Crippen molar-refractivity contribution in [2.75, 3.05) is 18.1 Å². The van der Waals surface area contributed by atoms with Gasteiger partial charge in [-0.25, -0.2) is 4.98 Å². The second kappa shape index (κ2) is 11.7. The molecule has 0 saturated carbocycles. The molecular formula is C33H30N2O6S. The van der Waals surface area contributed by atoms with Gasteiger partial charge in [-0.15, -0.1) is 0 Å². The topological polar surface area (TPSA) is 102 Å². The van der Waals surface area contributed by atoms with Crippen molar-refractivity contribution in [2.45, 2.75) is 39.2 Å². The molecule has 0 radical (unpaired) electrons. The van der Waals surface area contributed by atoms with Gasteiger partial charge < -0.3 is 19.0 Å². The first-order valence-electron chi connectivity index (χ1n) is 14.0. The van der Waals surface area contributed by atoms with Crippen LogP contribution in [0.4, 0.5) is 5.13 Å². The highest BCUT2D eigenvalue weighted by Crippen LogP contribution is 2.45. The van der Waals surface area contributed by atoms with Crippen molar-refractivity contribution in [2.24, 2.45) is 0 Å². The number of benzene rings is 3. The maximum Gasteiger partial charge on any atom is 0.296 e. The van der Waals surface area contributed by atoms with E-state index in [0.29, 0.717) is 46.5 Å². The standard InChI is InChI=1S/C33H30N2O6S/c1-3-5-8-17-40-22-13-11-20(12-14-22)29-28(30(36)26-18-21-9-6-7-10-25(21)41-26)31(37)32(38)35(29)33-34-24-16-15-23(39-4-2)19-27(24)42-33/h6-7,9-16,18-19,29,37H,3-5,8,17H2,1-2H3. The third-order valence-electron chi connectivity index (χ3n) is 7.18. The third-order valence-corrected chi connectivity index (χ3v) is 8.20. The number of anilines is 1. The summed E-state index contributed by atoms with van der Waals surface area (Å²) in [6.45, 7) is 5.17. The molecule has 3 heterocycles. The molecule has 8 nitrogen and oxygen atoms in total. The molecule has 1 N–H and O–H groups in total. The van der Waals surface area contributed by atoms with Crippen LogP contribution >= 0.6 is 11.3 Å². The number of unbranched alkanes of at least 4 members (excludes halogenated alkanes) is 2. The Hall–Kier alpha value is -4.63. The fourth-order valence-electron chi connectivity index (χ4n) is 5.12. The van der Waals surface area contributed by atoms with Crippen molar-refractivity contribution in [1.29, 1.82) is 0 Å². The van der Waals surface area contributed by atoms with E-state index in [2.05, 4.69) is 6.92 Å². The Labute approximate surface area is 246 Å². The van der Waals surface area contributed by atoms with Gasteiger partial charge >= 0.3 is 0 Å². The van der Waals surface area contributed by atoms with Gasteiger partial charge in [-0.1, -0.05) is 61.4 Å². The lowest BCUT2D eigenvalue weighted by Gasteiger charge is -2.24. The van der Waals surface area contributed by atoms with Crippen LogP contribution in [0.1, 0.15) is 55.3 Å². The van der Waals surface area contributed by atoms with E-state index in [1.807, 2.05) is 67.6 Å². The van der Waals surface area contributed by atoms with E-state index in [1.54, 1.807) is 12.1 Å². The lowest BCUT2D eigenvalue weighted by atomic mass is 9.95. The van der Waals surface area contributed by atoms with E-state index in [1.165, 1.54) is 16.2 Å². The molecule has 1 aliphatic heterocycles. The number of hydrogen-bond acceptors (Lipinski definition) is 8. The summed E-state index contributed by atoms with van der Waals surface area (Å²) in [5.74, 6) is -0.473. The van der Waals surface area contributed by atoms with Crippen molar-refractivity contribution in [3.63, 3.8) is 0 Å². The van der Waals surface area contributed by atoms with Crippen LogP contribution in [0.25, 0.3) is 21.2 Å². The van der Waals surface area contributed by atoms with Gasteiger partial charge in [-0.05, 0) is 61.4 Å². The molecule has 2 aromatic heterocycles. The summed E-state index contributed by atoms with van der Waals surface area (Å²) in [5, 5.41) is 12.3. The number of carbonyl (C=O) groups is 2. The van der Waals surface area contributed by atoms with Gasteiger partial charge in [0.2, 0.25) is 5.78 Å². The maximum atomic E-state index is 13.9. The van der Waals surface area contributed by atoms with Gasteiger partial charge in [-0.3, -0.25) is 14.5 Å². The SMILES string of the molecule is CCCCCOc1ccc(C2C(C(=O)c3cc4ccccc4o3)=C(O)C(=O)N2c2nc3ccc(OCC)cc3s2)cc1. The number of aliphatic hydroxyl groups is 1. The van der Waals surface area contributed by atoms with Crippen molar-refractivity contribution in [3.05, 3.63) is 95.5 Å². The van der Waals surface area contributed by atoms with Gasteiger partial charge in [-0.2, -0.15) is 0 Å². The highest BCUT2D eigenvalue weighted by Gasteiger charge is 2.46. The predicted molar refractivity (Wildman–Crippen MR) is 163 cm³/mol. The molecule has 9 heteroatoms. The van der Waals surface area contributed by atoms with Gasteiger partial charge in [0.1, 0.15) is 17.1 Å². The monoisotopic (exact) mass is 582 g/mol. The zero-order valence-corrected chi connectivity index (χ0v) is 24.1. The van der Waals surface area contributed by atoms with E-state index in [0.717, 1.165) is 29.3 Å². The van der Waals surface area contributed by atoms with Gasteiger partial charge in [0, 0.05) is 5.39 Å². The zero-order chi connectivity index (χ0) is 29.2. The number of aromatic nitrogens is 1. The smallest absolute Gasteiger partial charge is 0.296 e. The van der Waals surface area contributed by atoms with Gasteiger partial charge in [0.05, 0.1) is 35.0 Å². The number of ketones is 1. The van der Waals surface area contributed by atoms with Crippen molar-refractivity contribution >= 4 is 49.3 Å². The lowest BCUT2D eigenvalue weighted by Crippen LogP contribution is -2.30. The van der Waals surface area contributed by atoms with Crippen molar-refractivity contribution in [3.8, 4) is 11.5 Å². The fourth-order valence-corrected chi connectivity index (χ4v) is 6.14. The van der Waals surface area contributed by atoms with Gasteiger partial charge in [0.25, 0.3) is 5.91 Å². The lowest BCUT2D eigenvalue weighted by molar-refractivity contribution is -0.117. The number of ether oxygens (including phenoxy) is 2. The quantitative estimate of drug-likeness (QED) is 0.125. The Morgan fingerprint density at radius 3 is 2.55 bits per heavy atom. The van der Waals surface area contributed by atoms with E-state index >= 15 is 0 Å². The van der Waals surface area contributed by atoms with E-state index in [4.69, 9.17) is 18.9 Å². The van der Waals surface area contributed by atoms with Gasteiger partial charge in [0.15, 0.2) is 16.7 Å². The summed E-state index contributed by atoms with van der Waals surface area (Å²) < 4.78 is 18.2. The summed E-state index contributed by atoms with van der Waals surface area (Å²) in [5.41, 5.74) is 1.78. The van der Waals surface area contributed by atoms with Crippen LogP contribution in [0.3, 0.4) is 0 Å². The first-order valence-corrected chi connectivity index (χ1v) is 14.9. The molecule has 1 atom stereocenters. The summed E-state index contributed by atoms with van der Waals surface area (Å²) >= 11 is 1.29. The molecule has 0 fully saturated rings. The first-order chi connectivity index (χ1) is 20.5. The van der Waals surface area contributed by atoms with E-state index in [-0.39, 0.29) is 11.3 Å². The Balaban J connectivity index is 1.41. The minimum Gasteiger partial charge on any atom is -0.503 e. The molecule has 0 bridgehead atoms. The number of furan rings is 1. The van der Waals surface area contributed by atoms with E-state index < -0.39 is 23.5 Å². The molecule has 42 heavy (non-hydrogen) atoms. The van der Waals surface area contributed by atoms with Crippen LogP contribution in [0.15, 0.2) is 88.5 Å². The fraction of sp³-hybridized carbons (Fsp3) is 0.242. The molecule has 1 amide bonds. The Kier molecular flexibility index (Phi) is 7.67. The van der Waals surface area contributed by atoms with Crippen LogP contribution in [0.2, 0.25) is 0 Å². The van der Waals surface area contributed by atoms with Crippen LogP contribution in [-0.2, 0) is 4.79 Å². The molecular weight excluding hydrogens is 552 g/mol. The summed E-state index contributed by atoms with van der Waals surface area (Å²) in [4.78, 5) is 33.7. The first kappa shape index (κ1) is 27.5. The number of fused-ring (bicyclic) bond motifs is 2. The van der Waals surface area contributed by atoms with Crippen LogP contribution < -0.4 is 14.4 Å². The molecule has 3 aromatic carbocycles. The Morgan fingerprint density at radius 2 is 1.79 bits per heavy atom. The molecule has 5 aromatic rings. The number of hydrogen-bond donors (Lipinski definition) is 1. The van der Waals surface area contributed by atoms with Crippen molar-refractivity contribution in [1.82, 2.24) is 4.98 Å². The number of amides is 1. The summed E-state index contributed by atoms with van der Waals surface area (Å²) in [6.07, 6.45) is 3.14. The Morgan fingerprint density at radius 1 is 1.00 bits per heavy atom. The number of Topliss-reactive ketones (excluding diaryl/α,β-unsaturated/α-hetero) is 1. The van der Waals surface area contributed by atoms with Crippen LogP contribution in [-0.4, -0.2) is 35.0 Å². The number of thiazole rings is 1. The number of carbonyl (C=O) groups excluding carboxylic acids is 2. The van der Waals surface area contributed by atoms with Crippen LogP contribution in [0.5, 0.6) is 11.5 Å². The molecule has 0 saturated heterocycles. The number of aliphatic hydroxyl groups excluding tert-OH is 1. The predicted octanol–water partition coefficient (Wildman–Crippen LogP) is 7.79. The minimum atomic E-state index is -0.931. The van der Waals surface area contributed by atoms with E-state index in [9.17, 15) is 14.7 Å². The number of para-hydroxylation sites is 1. The average Bonchev–Trinajstić information content (AvgIpc) is 3.69. The molecule has 0 spiro atoms. The average molecular weight is 583 g/mol. The van der Waals surface area contributed by atoms with Crippen molar-refractivity contribution < 1.29 is 28.6 Å². The molecule has 0 aliphatic carbocycles. The maximum absolute atomic E-state index is 13.9. The zero-order valence-electron chi connectivity index (χ0n) is 23.3. The number of rotatable bonds is 11. The molecule has 1 unspecified atom stereocenters. The molecule has 214 valence electrons. The Bertz CT molecular complexity index is 1770. The number of nitrogens with zero attached hydrogens (tertiary/aromatic N) is 2. The second-order valence-corrected chi connectivity index (χ2v) is 11.0. The summed E-state index contributed by atoms with van der Waals surface area (Å²) in [6, 6.07) is 20.7.